The Bertz CT molecular complexity index is 409. The number of carbonyl (C=O) groups excluding carboxylic acids is 1. The highest BCUT2D eigenvalue weighted by molar-refractivity contribution is 5.97. The molecule has 0 aromatic heterocycles. The molecule has 1 aromatic rings. The second kappa shape index (κ2) is 5.30. The van der Waals surface area contributed by atoms with Crippen molar-refractivity contribution in [1.29, 1.82) is 0 Å². The van der Waals surface area contributed by atoms with Crippen molar-refractivity contribution in [3.05, 3.63) is 29.6 Å². The second-order valence-corrected chi connectivity index (χ2v) is 4.63. The standard InChI is InChI=1S/C14H17FO2/c1-10(16)14-12(15)7-4-8-13(14)17-9-11-5-2-3-6-11/h4,7-8,11H,2-3,5-6,9H2,1H3. The smallest absolute Gasteiger partial charge is 0.166 e. The van der Waals surface area contributed by atoms with Gasteiger partial charge in [-0.3, -0.25) is 4.79 Å². The van der Waals surface area contributed by atoms with E-state index in [9.17, 15) is 9.18 Å². The fourth-order valence-electron chi connectivity index (χ4n) is 2.35. The summed E-state index contributed by atoms with van der Waals surface area (Å²) >= 11 is 0. The summed E-state index contributed by atoms with van der Waals surface area (Å²) in [4.78, 5) is 11.4. The van der Waals surface area contributed by atoms with Crippen LogP contribution in [0.4, 0.5) is 4.39 Å². The molecule has 17 heavy (non-hydrogen) atoms. The van der Waals surface area contributed by atoms with Gasteiger partial charge in [0.1, 0.15) is 11.6 Å². The number of hydrogen-bond donors (Lipinski definition) is 0. The molecule has 0 unspecified atom stereocenters. The first-order chi connectivity index (χ1) is 8.18. The van der Waals surface area contributed by atoms with Crippen molar-refractivity contribution < 1.29 is 13.9 Å². The molecule has 1 fully saturated rings. The predicted octanol–water partition coefficient (Wildman–Crippen LogP) is 3.60. The Hall–Kier alpha value is -1.38. The molecule has 0 saturated heterocycles. The minimum absolute atomic E-state index is 0.0745. The van der Waals surface area contributed by atoms with Crippen molar-refractivity contribution in [2.45, 2.75) is 32.6 Å². The van der Waals surface area contributed by atoms with Crippen molar-refractivity contribution >= 4 is 5.78 Å². The molecule has 0 amide bonds. The van der Waals surface area contributed by atoms with Gasteiger partial charge in [0, 0.05) is 0 Å². The van der Waals surface area contributed by atoms with E-state index in [-0.39, 0.29) is 11.3 Å². The van der Waals surface area contributed by atoms with Crippen LogP contribution in [-0.4, -0.2) is 12.4 Å². The molecule has 1 aliphatic rings. The molecule has 0 bridgehead atoms. The monoisotopic (exact) mass is 236 g/mol. The fraction of sp³-hybridized carbons (Fsp3) is 0.500. The number of rotatable bonds is 4. The lowest BCUT2D eigenvalue weighted by molar-refractivity contribution is 0.100. The van der Waals surface area contributed by atoms with Crippen LogP contribution in [0.1, 0.15) is 43.0 Å². The zero-order chi connectivity index (χ0) is 12.3. The van der Waals surface area contributed by atoms with Gasteiger partial charge in [0.15, 0.2) is 5.78 Å². The summed E-state index contributed by atoms with van der Waals surface area (Å²) in [5.74, 6) is 0.147. The lowest BCUT2D eigenvalue weighted by Gasteiger charge is -2.13. The summed E-state index contributed by atoms with van der Waals surface area (Å²) in [7, 11) is 0. The Morgan fingerprint density at radius 3 is 2.76 bits per heavy atom. The van der Waals surface area contributed by atoms with Gasteiger partial charge in [-0.2, -0.15) is 0 Å². The molecule has 0 aliphatic heterocycles. The van der Waals surface area contributed by atoms with Crippen LogP contribution in [0.15, 0.2) is 18.2 Å². The van der Waals surface area contributed by atoms with E-state index in [4.69, 9.17) is 4.74 Å². The summed E-state index contributed by atoms with van der Waals surface area (Å²) in [5.41, 5.74) is 0.0745. The molecular weight excluding hydrogens is 219 g/mol. The first-order valence-corrected chi connectivity index (χ1v) is 6.10. The molecule has 2 nitrogen and oxygen atoms in total. The molecule has 0 radical (unpaired) electrons. The van der Waals surface area contributed by atoms with Gasteiger partial charge in [-0.1, -0.05) is 18.9 Å². The Balaban J connectivity index is 2.09. The minimum Gasteiger partial charge on any atom is -0.492 e. The topological polar surface area (TPSA) is 26.3 Å². The van der Waals surface area contributed by atoms with E-state index >= 15 is 0 Å². The zero-order valence-electron chi connectivity index (χ0n) is 10.0. The first-order valence-electron chi connectivity index (χ1n) is 6.10. The number of halogens is 1. The Morgan fingerprint density at radius 1 is 1.41 bits per heavy atom. The Labute approximate surface area is 101 Å². The largest absolute Gasteiger partial charge is 0.492 e. The van der Waals surface area contributed by atoms with Crippen molar-refractivity contribution in [3.63, 3.8) is 0 Å². The molecule has 0 heterocycles. The maximum Gasteiger partial charge on any atom is 0.166 e. The number of ether oxygens (including phenoxy) is 1. The molecule has 1 aliphatic carbocycles. The summed E-state index contributed by atoms with van der Waals surface area (Å²) in [5, 5.41) is 0. The summed E-state index contributed by atoms with van der Waals surface area (Å²) in [6.07, 6.45) is 4.84. The average Bonchev–Trinajstić information content (AvgIpc) is 2.78. The summed E-state index contributed by atoms with van der Waals surface area (Å²) in [6, 6.07) is 4.53. The molecule has 0 atom stereocenters. The van der Waals surface area contributed by atoms with Gasteiger partial charge in [0.25, 0.3) is 0 Å². The van der Waals surface area contributed by atoms with Crippen molar-refractivity contribution in [2.75, 3.05) is 6.61 Å². The van der Waals surface area contributed by atoms with Crippen LogP contribution in [0, 0.1) is 11.7 Å². The third-order valence-electron chi connectivity index (χ3n) is 3.28. The first kappa shape index (κ1) is 12.1. The van der Waals surface area contributed by atoms with Gasteiger partial charge in [-0.25, -0.2) is 4.39 Å². The van der Waals surface area contributed by atoms with Crippen LogP contribution in [0.2, 0.25) is 0 Å². The van der Waals surface area contributed by atoms with Crippen LogP contribution in [-0.2, 0) is 0 Å². The molecule has 92 valence electrons. The van der Waals surface area contributed by atoms with Crippen LogP contribution in [0.25, 0.3) is 0 Å². The molecule has 0 spiro atoms. The van der Waals surface area contributed by atoms with E-state index in [1.807, 2.05) is 0 Å². The minimum atomic E-state index is -0.499. The fourth-order valence-corrected chi connectivity index (χ4v) is 2.35. The highest BCUT2D eigenvalue weighted by Gasteiger charge is 2.18. The zero-order valence-corrected chi connectivity index (χ0v) is 10.0. The van der Waals surface area contributed by atoms with Crippen LogP contribution < -0.4 is 4.74 Å². The van der Waals surface area contributed by atoms with E-state index in [1.54, 1.807) is 12.1 Å². The SMILES string of the molecule is CC(=O)c1c(F)cccc1OCC1CCCC1. The van der Waals surface area contributed by atoms with Crippen LogP contribution in [0.5, 0.6) is 5.75 Å². The van der Waals surface area contributed by atoms with Gasteiger partial charge in [0.2, 0.25) is 0 Å². The summed E-state index contributed by atoms with van der Waals surface area (Å²) < 4.78 is 19.1. The molecule has 1 saturated carbocycles. The lowest BCUT2D eigenvalue weighted by Crippen LogP contribution is -2.11. The summed E-state index contributed by atoms with van der Waals surface area (Å²) in [6.45, 7) is 1.95. The van der Waals surface area contributed by atoms with E-state index < -0.39 is 5.82 Å². The second-order valence-electron chi connectivity index (χ2n) is 4.63. The number of hydrogen-bond acceptors (Lipinski definition) is 2. The number of benzene rings is 1. The average molecular weight is 236 g/mol. The van der Waals surface area contributed by atoms with Crippen molar-refractivity contribution in [3.8, 4) is 5.75 Å². The third-order valence-corrected chi connectivity index (χ3v) is 3.28. The van der Waals surface area contributed by atoms with E-state index in [0.29, 0.717) is 18.3 Å². The predicted molar refractivity (Wildman–Crippen MR) is 63.9 cm³/mol. The maximum absolute atomic E-state index is 13.5. The van der Waals surface area contributed by atoms with E-state index in [1.165, 1.54) is 38.7 Å². The molecule has 1 aromatic carbocycles. The maximum atomic E-state index is 13.5. The normalized spacial score (nSPS) is 16.1. The highest BCUT2D eigenvalue weighted by Crippen LogP contribution is 2.27. The van der Waals surface area contributed by atoms with E-state index in [2.05, 4.69) is 0 Å². The van der Waals surface area contributed by atoms with Gasteiger partial charge >= 0.3 is 0 Å². The highest BCUT2D eigenvalue weighted by atomic mass is 19.1. The van der Waals surface area contributed by atoms with Gasteiger partial charge < -0.3 is 4.74 Å². The molecule has 2 rings (SSSR count). The van der Waals surface area contributed by atoms with Gasteiger partial charge in [-0.15, -0.1) is 0 Å². The number of Topliss-reactive ketones (excluding diaryl/α,β-unsaturated/α-hetero) is 1. The van der Waals surface area contributed by atoms with Gasteiger partial charge in [0.05, 0.1) is 12.2 Å². The van der Waals surface area contributed by atoms with Gasteiger partial charge in [-0.05, 0) is 37.8 Å². The Kier molecular flexibility index (Phi) is 3.77. The quantitative estimate of drug-likeness (QED) is 0.747. The third kappa shape index (κ3) is 2.84. The molecule has 3 heteroatoms. The van der Waals surface area contributed by atoms with Crippen molar-refractivity contribution in [2.24, 2.45) is 5.92 Å². The lowest BCUT2D eigenvalue weighted by atomic mass is 10.1. The molecular formula is C14H17FO2. The molecule has 0 N–H and O–H groups in total. The van der Waals surface area contributed by atoms with Crippen LogP contribution in [0.3, 0.4) is 0 Å². The Morgan fingerprint density at radius 2 is 2.12 bits per heavy atom. The van der Waals surface area contributed by atoms with Crippen molar-refractivity contribution in [1.82, 2.24) is 0 Å². The van der Waals surface area contributed by atoms with E-state index in [0.717, 1.165) is 0 Å². The number of carbonyl (C=O) groups is 1. The van der Waals surface area contributed by atoms with Crippen LogP contribution >= 0.6 is 0 Å². The number of ketones is 1.